The Morgan fingerprint density at radius 1 is 1.15 bits per heavy atom. The van der Waals surface area contributed by atoms with Gasteiger partial charge in [-0.15, -0.1) is 11.3 Å². The molecule has 1 aromatic heterocycles. The van der Waals surface area contributed by atoms with Gasteiger partial charge in [-0.25, -0.2) is 17.8 Å². The molecule has 0 saturated carbocycles. The van der Waals surface area contributed by atoms with Crippen molar-refractivity contribution >= 4 is 43.8 Å². The van der Waals surface area contributed by atoms with Gasteiger partial charge in [-0.2, -0.15) is 0 Å². The molecular weight excluding hydrogens is 411 g/mol. The SMILES string of the molecule is CNCCCCCCCNc1cc(F)c(S(=O)(=O)Nc2nccs2)cc1Cl. The Bertz CT molecular complexity index is 817. The Labute approximate surface area is 168 Å². The summed E-state index contributed by atoms with van der Waals surface area (Å²) in [6.45, 7) is 1.68. The highest BCUT2D eigenvalue weighted by atomic mass is 35.5. The topological polar surface area (TPSA) is 83.1 Å². The highest BCUT2D eigenvalue weighted by Crippen LogP contribution is 2.29. The van der Waals surface area contributed by atoms with Gasteiger partial charge in [-0.05, 0) is 38.6 Å². The highest BCUT2D eigenvalue weighted by Gasteiger charge is 2.22. The van der Waals surface area contributed by atoms with Gasteiger partial charge < -0.3 is 10.6 Å². The summed E-state index contributed by atoms with van der Waals surface area (Å²) in [5.74, 6) is -0.863. The molecule has 0 aliphatic carbocycles. The first-order valence-electron chi connectivity index (χ1n) is 8.74. The maximum atomic E-state index is 14.4. The molecule has 3 N–H and O–H groups in total. The number of sulfonamides is 1. The zero-order chi connectivity index (χ0) is 19.7. The van der Waals surface area contributed by atoms with Crippen molar-refractivity contribution in [1.82, 2.24) is 10.3 Å². The van der Waals surface area contributed by atoms with Crippen LogP contribution in [0.5, 0.6) is 0 Å². The predicted molar refractivity (Wildman–Crippen MR) is 110 cm³/mol. The van der Waals surface area contributed by atoms with E-state index in [2.05, 4.69) is 20.3 Å². The highest BCUT2D eigenvalue weighted by molar-refractivity contribution is 7.93. The van der Waals surface area contributed by atoms with Crippen molar-refractivity contribution in [2.45, 2.75) is 37.0 Å². The van der Waals surface area contributed by atoms with E-state index < -0.39 is 20.7 Å². The van der Waals surface area contributed by atoms with E-state index in [0.717, 1.165) is 55.7 Å². The Kier molecular flexibility index (Phi) is 8.75. The molecule has 27 heavy (non-hydrogen) atoms. The normalized spacial score (nSPS) is 11.5. The molecule has 0 fully saturated rings. The number of aromatic nitrogens is 1. The minimum absolute atomic E-state index is 0.157. The molecule has 10 heteroatoms. The third-order valence-electron chi connectivity index (χ3n) is 3.88. The van der Waals surface area contributed by atoms with Crippen LogP contribution in [0.15, 0.2) is 28.6 Å². The maximum Gasteiger partial charge on any atom is 0.266 e. The second kappa shape index (κ2) is 10.8. The summed E-state index contributed by atoms with van der Waals surface area (Å²) in [7, 11) is -2.14. The molecule has 0 amide bonds. The third-order valence-corrected chi connectivity index (χ3v) is 6.37. The third kappa shape index (κ3) is 6.91. The van der Waals surface area contributed by atoms with Crippen LogP contribution in [0.3, 0.4) is 0 Å². The fourth-order valence-electron chi connectivity index (χ4n) is 2.49. The maximum absolute atomic E-state index is 14.4. The van der Waals surface area contributed by atoms with E-state index in [1.165, 1.54) is 12.6 Å². The molecule has 1 heterocycles. The van der Waals surface area contributed by atoms with Crippen LogP contribution >= 0.6 is 22.9 Å². The lowest BCUT2D eigenvalue weighted by Gasteiger charge is -2.12. The van der Waals surface area contributed by atoms with Crippen LogP contribution in [0.4, 0.5) is 15.2 Å². The van der Waals surface area contributed by atoms with Crippen LogP contribution in [0.25, 0.3) is 0 Å². The second-order valence-corrected chi connectivity index (χ2v) is 8.96. The minimum atomic E-state index is -4.09. The van der Waals surface area contributed by atoms with E-state index in [9.17, 15) is 12.8 Å². The number of hydrogen-bond donors (Lipinski definition) is 3. The average molecular weight is 435 g/mol. The van der Waals surface area contributed by atoms with Gasteiger partial charge in [0.25, 0.3) is 10.0 Å². The number of thiazole rings is 1. The lowest BCUT2D eigenvalue weighted by Crippen LogP contribution is -2.15. The Morgan fingerprint density at radius 2 is 1.85 bits per heavy atom. The molecule has 0 aliphatic heterocycles. The Balaban J connectivity index is 1.90. The molecule has 150 valence electrons. The van der Waals surface area contributed by atoms with Crippen molar-refractivity contribution in [3.8, 4) is 0 Å². The summed E-state index contributed by atoms with van der Waals surface area (Å²) in [5.41, 5.74) is 0.387. The first-order chi connectivity index (χ1) is 12.9. The standard InChI is InChI=1S/C17H24ClFN4O2S2/c1-20-7-5-3-2-4-6-8-21-15-12-14(19)16(11-13(15)18)27(24,25)23-17-22-9-10-26-17/h9-12,20-21H,2-8H2,1H3,(H,22,23). The fraction of sp³-hybridized carbons (Fsp3) is 0.471. The molecular formula is C17H24ClFN4O2S2. The quantitative estimate of drug-likeness (QED) is 0.433. The zero-order valence-corrected chi connectivity index (χ0v) is 17.5. The summed E-state index contributed by atoms with van der Waals surface area (Å²) < 4.78 is 41.2. The number of rotatable bonds is 12. The number of nitrogens with zero attached hydrogens (tertiary/aromatic N) is 1. The molecule has 2 aromatic rings. The van der Waals surface area contributed by atoms with Crippen LogP contribution < -0.4 is 15.4 Å². The molecule has 0 bridgehead atoms. The molecule has 6 nitrogen and oxygen atoms in total. The first kappa shape index (κ1) is 21.9. The summed E-state index contributed by atoms with van der Waals surface area (Å²) in [6, 6.07) is 2.23. The molecule has 0 saturated heterocycles. The van der Waals surface area contributed by atoms with Crippen LogP contribution in [0.2, 0.25) is 5.02 Å². The lowest BCUT2D eigenvalue weighted by molar-refractivity contribution is 0.570. The number of unbranched alkanes of at least 4 members (excludes halogenated alkanes) is 4. The van der Waals surface area contributed by atoms with Crippen LogP contribution in [0, 0.1) is 5.82 Å². The summed E-state index contributed by atoms with van der Waals surface area (Å²) in [6.07, 6.45) is 6.94. The Hall–Kier alpha value is -1.42. The summed E-state index contributed by atoms with van der Waals surface area (Å²) >= 11 is 7.25. The number of hydrogen-bond acceptors (Lipinski definition) is 6. The lowest BCUT2D eigenvalue weighted by atomic mass is 10.1. The second-order valence-electron chi connectivity index (χ2n) is 6.00. The van der Waals surface area contributed by atoms with Crippen molar-refractivity contribution in [3.63, 3.8) is 0 Å². The number of nitrogens with one attached hydrogen (secondary N) is 3. The van der Waals surface area contributed by atoms with Crippen molar-refractivity contribution in [1.29, 1.82) is 0 Å². The molecule has 2 rings (SSSR count). The Morgan fingerprint density at radius 3 is 2.52 bits per heavy atom. The van der Waals surface area contributed by atoms with Crippen LogP contribution in [0.1, 0.15) is 32.1 Å². The zero-order valence-electron chi connectivity index (χ0n) is 15.1. The van der Waals surface area contributed by atoms with Gasteiger partial charge in [0.15, 0.2) is 5.13 Å². The average Bonchev–Trinajstić information content (AvgIpc) is 3.11. The van der Waals surface area contributed by atoms with Gasteiger partial charge in [0.1, 0.15) is 10.7 Å². The summed E-state index contributed by atoms with van der Waals surface area (Å²) in [4.78, 5) is 3.33. The minimum Gasteiger partial charge on any atom is -0.384 e. The van der Waals surface area contributed by atoms with Crippen LogP contribution in [-0.4, -0.2) is 33.5 Å². The number of halogens is 2. The van der Waals surface area contributed by atoms with Crippen molar-refractivity contribution < 1.29 is 12.8 Å². The number of benzene rings is 1. The largest absolute Gasteiger partial charge is 0.384 e. The van der Waals surface area contributed by atoms with E-state index in [1.54, 1.807) is 5.38 Å². The smallest absolute Gasteiger partial charge is 0.266 e. The van der Waals surface area contributed by atoms with Crippen molar-refractivity contribution in [2.75, 3.05) is 30.2 Å². The first-order valence-corrected chi connectivity index (χ1v) is 11.5. The van der Waals surface area contributed by atoms with Gasteiger partial charge in [-0.3, -0.25) is 4.72 Å². The van der Waals surface area contributed by atoms with E-state index in [1.807, 2.05) is 7.05 Å². The molecule has 0 unspecified atom stereocenters. The van der Waals surface area contributed by atoms with Gasteiger partial charge in [0.05, 0.1) is 10.7 Å². The van der Waals surface area contributed by atoms with Crippen LogP contribution in [-0.2, 0) is 10.0 Å². The van der Waals surface area contributed by atoms with E-state index in [-0.39, 0.29) is 10.2 Å². The van der Waals surface area contributed by atoms with Gasteiger partial charge in [0.2, 0.25) is 0 Å². The molecule has 0 aliphatic rings. The fourth-order valence-corrected chi connectivity index (χ4v) is 4.66. The molecule has 0 radical (unpaired) electrons. The van der Waals surface area contributed by atoms with Gasteiger partial charge in [-0.1, -0.05) is 30.9 Å². The van der Waals surface area contributed by atoms with E-state index in [4.69, 9.17) is 11.6 Å². The predicted octanol–water partition coefficient (Wildman–Crippen LogP) is 4.32. The van der Waals surface area contributed by atoms with Crippen molar-refractivity contribution in [2.24, 2.45) is 0 Å². The molecule has 0 atom stereocenters. The number of anilines is 2. The summed E-state index contributed by atoms with van der Waals surface area (Å²) in [5, 5.41) is 8.13. The van der Waals surface area contributed by atoms with Crippen molar-refractivity contribution in [3.05, 3.63) is 34.5 Å². The van der Waals surface area contributed by atoms with Gasteiger partial charge in [0, 0.05) is 18.1 Å². The molecule has 1 aromatic carbocycles. The van der Waals surface area contributed by atoms with Gasteiger partial charge >= 0.3 is 0 Å². The van der Waals surface area contributed by atoms with E-state index >= 15 is 0 Å². The van der Waals surface area contributed by atoms with E-state index in [0.29, 0.717) is 12.2 Å². The molecule has 0 spiro atoms. The monoisotopic (exact) mass is 434 g/mol.